The highest BCUT2D eigenvalue weighted by molar-refractivity contribution is 6.30. The molecular weight excluding hydrogens is 488 g/mol. The van der Waals surface area contributed by atoms with Crippen LogP contribution in [-0.2, 0) is 4.74 Å². The van der Waals surface area contributed by atoms with Crippen molar-refractivity contribution in [1.82, 2.24) is 19.5 Å². The van der Waals surface area contributed by atoms with Gasteiger partial charge >= 0.3 is 12.1 Å². The fraction of sp³-hybridized carbons (Fsp3) is 0.292. The first-order valence-electron chi connectivity index (χ1n) is 11.4. The van der Waals surface area contributed by atoms with Gasteiger partial charge < -0.3 is 21.0 Å². The molecule has 4 rings (SSSR count). The maximum absolute atomic E-state index is 12.8. The number of hydrogen-bond donors (Lipinski definition) is 3. The molecule has 1 saturated heterocycles. The minimum Gasteiger partial charge on any atom is -0.465 e. The number of nitrogens with one attached hydrogen (secondary N) is 1. The number of benzene rings is 1. The Morgan fingerprint density at radius 1 is 1.22 bits per heavy atom. The van der Waals surface area contributed by atoms with Gasteiger partial charge in [0.1, 0.15) is 11.5 Å². The van der Waals surface area contributed by atoms with Crippen LogP contribution in [-0.4, -0.2) is 55.8 Å². The summed E-state index contributed by atoms with van der Waals surface area (Å²) in [6.45, 7) is 2.15. The van der Waals surface area contributed by atoms with E-state index in [-0.39, 0.29) is 23.8 Å². The number of piperidine rings is 1. The van der Waals surface area contributed by atoms with Crippen LogP contribution in [0.2, 0.25) is 5.02 Å². The summed E-state index contributed by atoms with van der Waals surface area (Å²) in [5.41, 5.74) is 1.10. The first kappa shape index (κ1) is 25.0. The highest BCUT2D eigenvalue weighted by Gasteiger charge is 2.34. The van der Waals surface area contributed by atoms with E-state index in [1.54, 1.807) is 37.3 Å². The van der Waals surface area contributed by atoms with Gasteiger partial charge in [0.15, 0.2) is 11.5 Å². The number of carbonyl (C=O) groups excluding carboxylic acids is 2. The molecule has 1 aliphatic heterocycles. The zero-order valence-corrected chi connectivity index (χ0v) is 20.2. The summed E-state index contributed by atoms with van der Waals surface area (Å²) in [4.78, 5) is 47.2. The van der Waals surface area contributed by atoms with E-state index in [2.05, 4.69) is 15.3 Å². The van der Waals surface area contributed by atoms with E-state index in [9.17, 15) is 19.5 Å². The van der Waals surface area contributed by atoms with Crippen LogP contribution >= 0.6 is 11.6 Å². The van der Waals surface area contributed by atoms with Crippen LogP contribution in [0.1, 0.15) is 58.9 Å². The Balaban J connectivity index is 1.68. The molecule has 12 heteroatoms. The predicted molar refractivity (Wildman–Crippen MR) is 132 cm³/mol. The Kier molecular flexibility index (Phi) is 7.39. The van der Waals surface area contributed by atoms with Gasteiger partial charge in [-0.1, -0.05) is 23.7 Å². The summed E-state index contributed by atoms with van der Waals surface area (Å²) in [5, 5.41) is 12.8. The minimum absolute atomic E-state index is 0.00286. The summed E-state index contributed by atoms with van der Waals surface area (Å²) in [6, 6.07) is 8.93. The molecule has 0 aliphatic carbocycles. The third kappa shape index (κ3) is 5.10. The third-order valence-corrected chi connectivity index (χ3v) is 6.07. The van der Waals surface area contributed by atoms with Crippen LogP contribution < -0.4 is 11.2 Å². The van der Waals surface area contributed by atoms with Crippen molar-refractivity contribution < 1.29 is 24.2 Å². The number of nitrogens with zero attached hydrogens (tertiary/aromatic N) is 4. The molecule has 2 aromatic heterocycles. The number of nitrogens with two attached hydrogens (primary N) is 1. The van der Waals surface area contributed by atoms with E-state index in [4.69, 9.17) is 22.2 Å². The average molecular weight is 513 g/mol. The summed E-state index contributed by atoms with van der Waals surface area (Å²) < 4.78 is 6.31. The fourth-order valence-corrected chi connectivity index (χ4v) is 4.31. The lowest BCUT2D eigenvalue weighted by Gasteiger charge is -2.32. The number of carbonyl (C=O) groups is 3. The van der Waals surface area contributed by atoms with Crippen molar-refractivity contribution in [1.29, 1.82) is 0 Å². The molecular formula is C24H25ClN6O5. The second kappa shape index (κ2) is 10.6. The molecule has 2 amide bonds. The van der Waals surface area contributed by atoms with Gasteiger partial charge in [0.2, 0.25) is 0 Å². The van der Waals surface area contributed by atoms with E-state index in [0.29, 0.717) is 34.9 Å². The molecule has 1 atom stereocenters. The normalized spacial score (nSPS) is 15.4. The van der Waals surface area contributed by atoms with Crippen LogP contribution in [0.25, 0.3) is 11.3 Å². The molecule has 0 spiro atoms. The third-order valence-electron chi connectivity index (χ3n) is 5.84. The van der Waals surface area contributed by atoms with Gasteiger partial charge in [0.25, 0.3) is 5.91 Å². The monoisotopic (exact) mass is 512 g/mol. The molecule has 1 aliphatic rings. The lowest BCUT2D eigenvalue weighted by molar-refractivity contribution is 0.0516. The summed E-state index contributed by atoms with van der Waals surface area (Å²) in [5.74, 6) is 5.78. The van der Waals surface area contributed by atoms with Crippen molar-refractivity contribution in [2.75, 3.05) is 24.3 Å². The minimum atomic E-state index is -1.08. The SMILES string of the molecule is CCOC(=O)c1c(-c2ccc(C(=O)Nc3cc(Cl)ccn3)cc2)nc(C2CCCCN2C(=O)O)n1N. The molecule has 0 bridgehead atoms. The maximum atomic E-state index is 12.8. The van der Waals surface area contributed by atoms with Crippen molar-refractivity contribution in [3.63, 3.8) is 0 Å². The number of halogens is 1. The van der Waals surface area contributed by atoms with Crippen LogP contribution in [0.4, 0.5) is 10.6 Å². The average Bonchev–Trinajstić information content (AvgIpc) is 3.21. The maximum Gasteiger partial charge on any atom is 0.407 e. The highest BCUT2D eigenvalue weighted by Crippen LogP contribution is 2.34. The highest BCUT2D eigenvalue weighted by atomic mass is 35.5. The molecule has 11 nitrogen and oxygen atoms in total. The number of imidazole rings is 1. The number of rotatable bonds is 6. The van der Waals surface area contributed by atoms with Gasteiger partial charge in [-0.2, -0.15) is 0 Å². The Morgan fingerprint density at radius 3 is 2.64 bits per heavy atom. The van der Waals surface area contributed by atoms with E-state index in [1.807, 2.05) is 0 Å². The Morgan fingerprint density at radius 2 is 1.97 bits per heavy atom. The number of hydrogen-bond acceptors (Lipinski definition) is 7. The first-order valence-corrected chi connectivity index (χ1v) is 11.8. The molecule has 1 unspecified atom stereocenters. The van der Waals surface area contributed by atoms with Crippen molar-refractivity contribution in [2.24, 2.45) is 0 Å². The van der Waals surface area contributed by atoms with Crippen molar-refractivity contribution in [3.8, 4) is 11.3 Å². The fourth-order valence-electron chi connectivity index (χ4n) is 4.15. The van der Waals surface area contributed by atoms with Gasteiger partial charge in [-0.25, -0.2) is 24.2 Å². The molecule has 36 heavy (non-hydrogen) atoms. The number of nitrogen functional groups attached to an aromatic ring is 1. The van der Waals surface area contributed by atoms with Crippen LogP contribution in [0, 0.1) is 0 Å². The molecule has 1 aromatic carbocycles. The second-order valence-corrected chi connectivity index (χ2v) is 8.57. The molecule has 188 valence electrons. The summed E-state index contributed by atoms with van der Waals surface area (Å²) in [6.07, 6.45) is 2.47. The van der Waals surface area contributed by atoms with Gasteiger partial charge in [-0.05, 0) is 50.5 Å². The first-order chi connectivity index (χ1) is 17.3. The number of esters is 1. The zero-order valence-electron chi connectivity index (χ0n) is 19.5. The van der Waals surface area contributed by atoms with Crippen LogP contribution in [0.3, 0.4) is 0 Å². The van der Waals surface area contributed by atoms with Crippen LogP contribution in [0.15, 0.2) is 42.6 Å². The molecule has 4 N–H and O–H groups in total. The lowest BCUT2D eigenvalue weighted by Crippen LogP contribution is -2.39. The van der Waals surface area contributed by atoms with E-state index < -0.39 is 24.0 Å². The van der Waals surface area contributed by atoms with Crippen molar-refractivity contribution in [2.45, 2.75) is 32.2 Å². The Hall–Kier alpha value is -4.12. The quantitative estimate of drug-likeness (QED) is 0.331. The standard InChI is InChI=1S/C24H25ClN6O5/c1-2-36-23(33)20-19(29-21(31(20)26)17-5-3-4-12-30(17)24(34)35)14-6-8-15(9-7-14)22(32)28-18-13-16(25)10-11-27-18/h6-11,13,17H,2-5,12,26H2,1H3,(H,34,35)(H,27,28,32). The number of pyridine rings is 1. The smallest absolute Gasteiger partial charge is 0.407 e. The molecule has 0 radical (unpaired) electrons. The van der Waals surface area contributed by atoms with Gasteiger partial charge in [0.05, 0.1) is 12.6 Å². The second-order valence-electron chi connectivity index (χ2n) is 8.14. The molecule has 3 aromatic rings. The van der Waals surface area contributed by atoms with Crippen molar-refractivity contribution in [3.05, 3.63) is 64.7 Å². The topological polar surface area (TPSA) is 153 Å². The molecule has 0 saturated carbocycles. The lowest BCUT2D eigenvalue weighted by atomic mass is 10.0. The van der Waals surface area contributed by atoms with Gasteiger partial charge in [-0.3, -0.25) is 9.69 Å². The summed E-state index contributed by atoms with van der Waals surface area (Å²) >= 11 is 5.94. The van der Waals surface area contributed by atoms with Crippen molar-refractivity contribution >= 4 is 35.4 Å². The predicted octanol–water partition coefficient (Wildman–Crippen LogP) is 3.95. The zero-order chi connectivity index (χ0) is 25.8. The Labute approximate surface area is 211 Å². The van der Waals surface area contributed by atoms with E-state index >= 15 is 0 Å². The largest absolute Gasteiger partial charge is 0.465 e. The van der Waals surface area contributed by atoms with E-state index in [0.717, 1.165) is 17.5 Å². The number of amides is 2. The van der Waals surface area contributed by atoms with Crippen LogP contribution in [0.5, 0.6) is 0 Å². The van der Waals surface area contributed by atoms with Gasteiger partial charge in [0, 0.05) is 28.9 Å². The number of ether oxygens (including phenoxy) is 1. The number of carboxylic acid groups (broad SMARTS) is 1. The van der Waals surface area contributed by atoms with Gasteiger partial charge in [-0.15, -0.1) is 0 Å². The molecule has 3 heterocycles. The number of likely N-dealkylation sites (tertiary alicyclic amines) is 1. The number of aromatic nitrogens is 3. The Bertz CT molecular complexity index is 1290. The molecule has 1 fully saturated rings. The summed E-state index contributed by atoms with van der Waals surface area (Å²) in [7, 11) is 0. The number of anilines is 1. The van der Waals surface area contributed by atoms with E-state index in [1.165, 1.54) is 17.2 Å².